The number of hydrogen-bond donors (Lipinski definition) is 1. The summed E-state index contributed by atoms with van der Waals surface area (Å²) in [7, 11) is 1.33. The van der Waals surface area contributed by atoms with E-state index < -0.39 is 17.7 Å². The summed E-state index contributed by atoms with van der Waals surface area (Å²) in [5.41, 5.74) is 2.24. The predicted molar refractivity (Wildman–Crippen MR) is 95.6 cm³/mol. The van der Waals surface area contributed by atoms with Crippen LogP contribution in [-0.2, 0) is 10.9 Å². The van der Waals surface area contributed by atoms with Crippen molar-refractivity contribution in [1.29, 1.82) is 0 Å². The SMILES string of the molecule is COC(=O)c1ccc([C@@H]2Nc3ccc(C(F)(F)F)cc3[C@@H]3C=CC[C@H]32)cc1. The molecule has 0 radical (unpaired) electrons. The zero-order valence-electron chi connectivity index (χ0n) is 14.6. The number of benzene rings is 2. The predicted octanol–water partition coefficient (Wildman–Crippen LogP) is 5.32. The van der Waals surface area contributed by atoms with E-state index in [1.807, 2.05) is 24.3 Å². The maximum atomic E-state index is 13.1. The van der Waals surface area contributed by atoms with Crippen molar-refractivity contribution in [3.63, 3.8) is 0 Å². The average Bonchev–Trinajstić information content (AvgIpc) is 3.16. The van der Waals surface area contributed by atoms with Gasteiger partial charge in [-0.3, -0.25) is 0 Å². The number of fused-ring (bicyclic) bond motifs is 3. The Morgan fingerprint density at radius 3 is 2.56 bits per heavy atom. The number of rotatable bonds is 2. The standard InChI is InChI=1S/C21H18F3NO2/c1-27-20(26)13-7-5-12(6-8-13)19-16-4-2-3-15(16)17-11-14(21(22,23)24)9-10-18(17)25-19/h2-3,5-11,15-16,19,25H,4H2,1H3/t15-,16-,19+/m1/s1. The highest BCUT2D eigenvalue weighted by Crippen LogP contribution is 2.50. The third kappa shape index (κ3) is 3.09. The van der Waals surface area contributed by atoms with E-state index >= 15 is 0 Å². The van der Waals surface area contributed by atoms with Crippen molar-refractivity contribution in [3.8, 4) is 0 Å². The lowest BCUT2D eigenvalue weighted by Crippen LogP contribution is -2.29. The number of anilines is 1. The van der Waals surface area contributed by atoms with E-state index in [9.17, 15) is 18.0 Å². The van der Waals surface area contributed by atoms with Gasteiger partial charge in [0.15, 0.2) is 0 Å². The third-order valence-electron chi connectivity index (χ3n) is 5.38. The monoisotopic (exact) mass is 373 g/mol. The van der Waals surface area contributed by atoms with Crippen LogP contribution < -0.4 is 5.32 Å². The second-order valence-corrected chi connectivity index (χ2v) is 6.89. The second-order valence-electron chi connectivity index (χ2n) is 6.89. The molecule has 2 aromatic carbocycles. The van der Waals surface area contributed by atoms with Gasteiger partial charge in [-0.05, 0) is 53.8 Å². The summed E-state index contributed by atoms with van der Waals surface area (Å²) in [6.07, 6.45) is 0.465. The molecule has 2 aliphatic rings. The Morgan fingerprint density at radius 2 is 1.89 bits per heavy atom. The number of allylic oxidation sites excluding steroid dienone is 2. The minimum Gasteiger partial charge on any atom is -0.465 e. The van der Waals surface area contributed by atoms with E-state index in [1.165, 1.54) is 19.2 Å². The first-order valence-corrected chi connectivity index (χ1v) is 8.71. The van der Waals surface area contributed by atoms with Crippen LogP contribution in [0.5, 0.6) is 0 Å². The van der Waals surface area contributed by atoms with Gasteiger partial charge in [0, 0.05) is 11.6 Å². The zero-order chi connectivity index (χ0) is 19.2. The number of esters is 1. The molecule has 4 rings (SSSR count). The fraction of sp³-hybridized carbons (Fsp3) is 0.286. The molecule has 0 saturated heterocycles. The van der Waals surface area contributed by atoms with Crippen LogP contribution in [0.15, 0.2) is 54.6 Å². The fourth-order valence-corrected chi connectivity index (χ4v) is 4.05. The van der Waals surface area contributed by atoms with Crippen molar-refractivity contribution in [2.45, 2.75) is 24.6 Å². The van der Waals surface area contributed by atoms with Gasteiger partial charge in [0.2, 0.25) is 0 Å². The molecule has 0 fully saturated rings. The van der Waals surface area contributed by atoms with Crippen molar-refractivity contribution >= 4 is 11.7 Å². The smallest absolute Gasteiger partial charge is 0.416 e. The fourth-order valence-electron chi connectivity index (χ4n) is 4.05. The molecule has 2 aromatic rings. The Kier molecular flexibility index (Phi) is 4.21. The summed E-state index contributed by atoms with van der Waals surface area (Å²) in [5.74, 6) is -0.331. The van der Waals surface area contributed by atoms with Crippen molar-refractivity contribution in [1.82, 2.24) is 0 Å². The lowest BCUT2D eigenvalue weighted by atomic mass is 9.76. The summed E-state index contributed by atoms with van der Waals surface area (Å²) in [5, 5.41) is 3.40. The lowest BCUT2D eigenvalue weighted by Gasteiger charge is -2.38. The molecule has 3 atom stereocenters. The van der Waals surface area contributed by atoms with Crippen LogP contribution in [0.3, 0.4) is 0 Å². The molecule has 1 N–H and O–H groups in total. The van der Waals surface area contributed by atoms with Crippen LogP contribution in [0, 0.1) is 5.92 Å². The van der Waals surface area contributed by atoms with Gasteiger partial charge in [-0.2, -0.15) is 13.2 Å². The summed E-state index contributed by atoms with van der Waals surface area (Å²) < 4.78 is 44.0. The highest BCUT2D eigenvalue weighted by Gasteiger charge is 2.40. The molecule has 1 aliphatic carbocycles. The first-order chi connectivity index (χ1) is 12.9. The van der Waals surface area contributed by atoms with Gasteiger partial charge in [-0.1, -0.05) is 24.3 Å². The molecule has 1 aliphatic heterocycles. The van der Waals surface area contributed by atoms with Crippen LogP contribution in [0.1, 0.15) is 45.4 Å². The van der Waals surface area contributed by atoms with Gasteiger partial charge < -0.3 is 10.1 Å². The second kappa shape index (κ2) is 6.44. The zero-order valence-corrected chi connectivity index (χ0v) is 14.6. The molecule has 1 heterocycles. The van der Waals surface area contributed by atoms with E-state index in [0.717, 1.165) is 23.7 Å². The van der Waals surface area contributed by atoms with E-state index in [-0.39, 0.29) is 17.9 Å². The van der Waals surface area contributed by atoms with Gasteiger partial charge in [0.1, 0.15) is 0 Å². The summed E-state index contributed by atoms with van der Waals surface area (Å²) >= 11 is 0. The normalized spacial score (nSPS) is 23.3. The third-order valence-corrected chi connectivity index (χ3v) is 5.38. The van der Waals surface area contributed by atoms with Crippen LogP contribution in [0.4, 0.5) is 18.9 Å². The molecule has 0 bridgehead atoms. The number of ether oxygens (including phenoxy) is 1. The largest absolute Gasteiger partial charge is 0.465 e. The highest BCUT2D eigenvalue weighted by atomic mass is 19.4. The lowest BCUT2D eigenvalue weighted by molar-refractivity contribution is -0.137. The molecule has 0 amide bonds. The number of methoxy groups -OCH3 is 1. The quantitative estimate of drug-likeness (QED) is 0.572. The molecule has 0 spiro atoms. The first kappa shape index (κ1) is 17.6. The number of alkyl halides is 3. The van der Waals surface area contributed by atoms with Crippen LogP contribution in [0.25, 0.3) is 0 Å². The van der Waals surface area contributed by atoms with Gasteiger partial charge in [0.05, 0.1) is 24.3 Å². The summed E-state index contributed by atoms with van der Waals surface area (Å²) in [6.45, 7) is 0. The molecule has 6 heteroatoms. The number of halogens is 3. The molecule has 0 unspecified atom stereocenters. The van der Waals surface area contributed by atoms with Crippen molar-refractivity contribution in [2.24, 2.45) is 5.92 Å². The van der Waals surface area contributed by atoms with Crippen LogP contribution >= 0.6 is 0 Å². The van der Waals surface area contributed by atoms with Crippen LogP contribution in [0.2, 0.25) is 0 Å². The molecule has 3 nitrogen and oxygen atoms in total. The number of carbonyl (C=O) groups excluding carboxylic acids is 1. The van der Waals surface area contributed by atoms with Crippen molar-refractivity contribution < 1.29 is 22.7 Å². The van der Waals surface area contributed by atoms with Gasteiger partial charge in [-0.25, -0.2) is 4.79 Å². The molecule has 0 saturated carbocycles. The molecular formula is C21H18F3NO2. The average molecular weight is 373 g/mol. The Hall–Kier alpha value is -2.76. The first-order valence-electron chi connectivity index (χ1n) is 8.71. The maximum absolute atomic E-state index is 13.1. The number of carbonyl (C=O) groups is 1. The van der Waals surface area contributed by atoms with Gasteiger partial charge in [0.25, 0.3) is 0 Å². The summed E-state index contributed by atoms with van der Waals surface area (Å²) in [4.78, 5) is 11.6. The maximum Gasteiger partial charge on any atom is 0.416 e. The Balaban J connectivity index is 1.69. The minimum absolute atomic E-state index is 0.0408. The topological polar surface area (TPSA) is 38.3 Å². The van der Waals surface area contributed by atoms with Gasteiger partial charge >= 0.3 is 12.1 Å². The van der Waals surface area contributed by atoms with Gasteiger partial charge in [-0.15, -0.1) is 0 Å². The van der Waals surface area contributed by atoms with E-state index in [2.05, 4.69) is 5.32 Å². The van der Waals surface area contributed by atoms with E-state index in [4.69, 9.17) is 4.74 Å². The Labute approximate surface area is 154 Å². The molecular weight excluding hydrogens is 355 g/mol. The molecule has 27 heavy (non-hydrogen) atoms. The minimum atomic E-state index is -4.35. The Morgan fingerprint density at radius 1 is 1.15 bits per heavy atom. The number of hydrogen-bond acceptors (Lipinski definition) is 3. The molecule has 0 aromatic heterocycles. The molecule has 140 valence electrons. The highest BCUT2D eigenvalue weighted by molar-refractivity contribution is 5.89. The van der Waals surface area contributed by atoms with E-state index in [0.29, 0.717) is 11.1 Å². The van der Waals surface area contributed by atoms with E-state index in [1.54, 1.807) is 12.1 Å². The number of nitrogens with one attached hydrogen (secondary N) is 1. The van der Waals surface area contributed by atoms with Crippen molar-refractivity contribution in [2.75, 3.05) is 12.4 Å². The van der Waals surface area contributed by atoms with Crippen molar-refractivity contribution in [3.05, 3.63) is 76.9 Å². The van der Waals surface area contributed by atoms with Crippen LogP contribution in [-0.4, -0.2) is 13.1 Å². The summed E-state index contributed by atoms with van der Waals surface area (Å²) in [6, 6.07) is 11.0. The Bertz CT molecular complexity index is 903.